The van der Waals surface area contributed by atoms with Gasteiger partial charge in [-0.25, -0.2) is 14.4 Å². The fraction of sp³-hybridized carbons (Fsp3) is 0.417. The summed E-state index contributed by atoms with van der Waals surface area (Å²) in [6.45, 7) is 1.19. The van der Waals surface area contributed by atoms with Crippen molar-refractivity contribution in [3.8, 4) is 0 Å². The van der Waals surface area contributed by atoms with E-state index in [-0.39, 0.29) is 0 Å². The van der Waals surface area contributed by atoms with E-state index < -0.39 is 6.67 Å². The first-order chi connectivity index (χ1) is 8.83. The Labute approximate surface area is 105 Å². The van der Waals surface area contributed by atoms with Crippen LogP contribution >= 0.6 is 0 Å². The second-order valence-electron chi connectivity index (χ2n) is 3.87. The fourth-order valence-electron chi connectivity index (χ4n) is 1.79. The molecular formula is C12H16FN5. The summed E-state index contributed by atoms with van der Waals surface area (Å²) in [5, 5.41) is 6.26. The van der Waals surface area contributed by atoms with Crippen LogP contribution in [0.25, 0.3) is 0 Å². The molecule has 1 aliphatic rings. The number of hydrogen-bond acceptors (Lipinski definition) is 3. The summed E-state index contributed by atoms with van der Waals surface area (Å²) in [6, 6.07) is 3.91. The Hall–Kier alpha value is -1.82. The van der Waals surface area contributed by atoms with Gasteiger partial charge >= 0.3 is 0 Å². The average Bonchev–Trinajstić information content (AvgIpc) is 2.43. The number of fused-ring (bicyclic) bond motifs is 1. The monoisotopic (exact) mass is 249 g/mol. The van der Waals surface area contributed by atoms with Gasteiger partial charge in [-0.3, -0.25) is 4.99 Å². The first-order valence-electron chi connectivity index (χ1n) is 5.85. The molecule has 0 fully saturated rings. The Morgan fingerprint density at radius 2 is 2.50 bits per heavy atom. The Balaban J connectivity index is 2.12. The van der Waals surface area contributed by atoms with Crippen molar-refractivity contribution >= 4 is 18.0 Å². The van der Waals surface area contributed by atoms with Gasteiger partial charge in [-0.2, -0.15) is 0 Å². The Morgan fingerprint density at radius 1 is 1.61 bits per heavy atom. The number of halogens is 1. The average molecular weight is 249 g/mol. The minimum absolute atomic E-state index is 0.356. The number of aromatic nitrogens is 1. The lowest BCUT2D eigenvalue weighted by Gasteiger charge is -2.16. The van der Waals surface area contributed by atoms with Crippen molar-refractivity contribution in [1.82, 2.24) is 10.3 Å². The molecule has 0 saturated heterocycles. The lowest BCUT2D eigenvalue weighted by atomic mass is 10.1. The maximum absolute atomic E-state index is 12.0. The van der Waals surface area contributed by atoms with Crippen LogP contribution in [0.5, 0.6) is 0 Å². The van der Waals surface area contributed by atoms with E-state index in [1.807, 2.05) is 12.1 Å². The topological polar surface area (TPSA) is 61.7 Å². The molecule has 0 unspecified atom stereocenters. The lowest BCUT2D eigenvalue weighted by molar-refractivity contribution is 0.588. The molecule has 0 spiro atoms. The first-order valence-corrected chi connectivity index (χ1v) is 5.85. The van der Waals surface area contributed by atoms with Crippen LogP contribution in [0, 0.1) is 0 Å². The number of aliphatic imine (C=N–C) groups is 2. The predicted octanol–water partition coefficient (Wildman–Crippen LogP) is 1.17. The normalized spacial score (nSPS) is 15.8. The van der Waals surface area contributed by atoms with Crippen LogP contribution in [0.2, 0.25) is 0 Å². The van der Waals surface area contributed by atoms with Gasteiger partial charge in [0.25, 0.3) is 0 Å². The molecule has 18 heavy (non-hydrogen) atoms. The number of pyridine rings is 1. The van der Waals surface area contributed by atoms with Crippen molar-refractivity contribution in [2.24, 2.45) is 9.98 Å². The van der Waals surface area contributed by atoms with Gasteiger partial charge in [0.15, 0.2) is 0 Å². The molecule has 2 heterocycles. The quantitative estimate of drug-likeness (QED) is 0.611. The largest absolute Gasteiger partial charge is 0.312 e. The summed E-state index contributed by atoms with van der Waals surface area (Å²) in [4.78, 5) is 12.3. The second kappa shape index (κ2) is 6.20. The molecule has 1 aliphatic heterocycles. The van der Waals surface area contributed by atoms with E-state index in [2.05, 4.69) is 25.6 Å². The van der Waals surface area contributed by atoms with Gasteiger partial charge in [0, 0.05) is 38.5 Å². The van der Waals surface area contributed by atoms with Crippen molar-refractivity contribution < 1.29 is 4.39 Å². The zero-order valence-corrected chi connectivity index (χ0v) is 10.3. The zero-order valence-electron chi connectivity index (χ0n) is 10.3. The van der Waals surface area contributed by atoms with Crippen LogP contribution in [0.3, 0.4) is 0 Å². The van der Waals surface area contributed by atoms with Gasteiger partial charge in [0.1, 0.15) is 12.5 Å². The molecule has 96 valence electrons. The third-order valence-corrected chi connectivity index (χ3v) is 2.66. The fourth-order valence-corrected chi connectivity index (χ4v) is 1.79. The minimum atomic E-state index is -0.607. The predicted molar refractivity (Wildman–Crippen MR) is 71.1 cm³/mol. The molecule has 0 saturated carbocycles. The molecule has 1 aromatic heterocycles. The van der Waals surface area contributed by atoms with Crippen molar-refractivity contribution in [1.29, 1.82) is 0 Å². The van der Waals surface area contributed by atoms with Crippen LogP contribution < -0.4 is 10.6 Å². The highest BCUT2D eigenvalue weighted by Gasteiger charge is 2.10. The van der Waals surface area contributed by atoms with E-state index in [0.29, 0.717) is 11.8 Å². The molecule has 0 radical (unpaired) electrons. The number of alkyl halides is 1. The second-order valence-corrected chi connectivity index (χ2v) is 3.87. The van der Waals surface area contributed by atoms with Crippen LogP contribution in [0.4, 0.5) is 10.2 Å². The van der Waals surface area contributed by atoms with Gasteiger partial charge < -0.3 is 10.6 Å². The van der Waals surface area contributed by atoms with Crippen molar-refractivity contribution in [2.75, 3.05) is 25.6 Å². The van der Waals surface area contributed by atoms with Gasteiger partial charge in [-0.1, -0.05) is 6.07 Å². The summed E-state index contributed by atoms with van der Waals surface area (Å²) in [7, 11) is 1.60. The third kappa shape index (κ3) is 3.10. The van der Waals surface area contributed by atoms with Gasteiger partial charge in [0.2, 0.25) is 5.96 Å². The zero-order chi connectivity index (χ0) is 12.8. The standard InChI is InChI=1S/C12H16FN5/c1-14-12(16-7-5-13)18-11-3-2-9-8-15-6-4-10(9)17-11/h2-3,7,15H,4-6,8H2,1H3,(H,14,17,18). The van der Waals surface area contributed by atoms with Gasteiger partial charge in [-0.15, -0.1) is 0 Å². The van der Waals surface area contributed by atoms with Crippen LogP contribution in [-0.2, 0) is 13.0 Å². The minimum Gasteiger partial charge on any atom is -0.312 e. The number of nitrogens with one attached hydrogen (secondary N) is 2. The molecule has 0 aliphatic carbocycles. The highest BCUT2D eigenvalue weighted by molar-refractivity contribution is 5.97. The van der Waals surface area contributed by atoms with E-state index in [9.17, 15) is 4.39 Å². The van der Waals surface area contributed by atoms with E-state index in [4.69, 9.17) is 0 Å². The van der Waals surface area contributed by atoms with E-state index in [1.54, 1.807) is 7.05 Å². The Bertz CT molecular complexity index is 470. The molecule has 0 bridgehead atoms. The van der Waals surface area contributed by atoms with Crippen molar-refractivity contribution in [2.45, 2.75) is 13.0 Å². The van der Waals surface area contributed by atoms with Crippen molar-refractivity contribution in [3.63, 3.8) is 0 Å². The lowest BCUT2D eigenvalue weighted by Crippen LogP contribution is -2.25. The Kier molecular flexibility index (Phi) is 4.35. The Morgan fingerprint density at radius 3 is 3.28 bits per heavy atom. The molecule has 0 atom stereocenters. The first kappa shape index (κ1) is 12.6. The molecule has 0 amide bonds. The molecule has 2 N–H and O–H groups in total. The highest BCUT2D eigenvalue weighted by Crippen LogP contribution is 2.14. The molecular weight excluding hydrogens is 233 g/mol. The van der Waals surface area contributed by atoms with Gasteiger partial charge in [-0.05, 0) is 11.6 Å². The third-order valence-electron chi connectivity index (χ3n) is 2.66. The number of anilines is 1. The summed E-state index contributed by atoms with van der Waals surface area (Å²) >= 11 is 0. The number of rotatable bonds is 2. The number of hydrogen-bond donors (Lipinski definition) is 2. The summed E-state index contributed by atoms with van der Waals surface area (Å²) in [5.74, 6) is 1.04. The maximum atomic E-state index is 12.0. The molecule has 6 heteroatoms. The van der Waals surface area contributed by atoms with E-state index >= 15 is 0 Å². The van der Waals surface area contributed by atoms with Crippen LogP contribution in [0.1, 0.15) is 11.3 Å². The van der Waals surface area contributed by atoms with Crippen molar-refractivity contribution in [3.05, 3.63) is 23.4 Å². The maximum Gasteiger partial charge on any atom is 0.223 e. The summed E-state index contributed by atoms with van der Waals surface area (Å²) < 4.78 is 12.0. The van der Waals surface area contributed by atoms with E-state index in [1.165, 1.54) is 5.56 Å². The smallest absolute Gasteiger partial charge is 0.223 e. The highest BCUT2D eigenvalue weighted by atomic mass is 19.1. The van der Waals surface area contributed by atoms with E-state index in [0.717, 1.165) is 31.4 Å². The summed E-state index contributed by atoms with van der Waals surface area (Å²) in [6.07, 6.45) is 2.08. The number of nitrogens with zero attached hydrogens (tertiary/aromatic N) is 3. The molecule has 0 aromatic carbocycles. The SMILES string of the molecule is CN=C(N=CCF)Nc1ccc2c(n1)CCNC2. The summed E-state index contributed by atoms with van der Waals surface area (Å²) in [5.41, 5.74) is 2.30. The number of guanidine groups is 1. The molecule has 5 nitrogen and oxygen atoms in total. The van der Waals surface area contributed by atoms with Crippen LogP contribution in [0.15, 0.2) is 22.1 Å². The van der Waals surface area contributed by atoms with Gasteiger partial charge in [0.05, 0.1) is 0 Å². The van der Waals surface area contributed by atoms with Crippen LogP contribution in [-0.4, -0.2) is 37.4 Å². The molecule has 2 rings (SSSR count). The molecule has 1 aromatic rings.